The molecule has 1 aliphatic heterocycles. The lowest BCUT2D eigenvalue weighted by molar-refractivity contribution is 0.666. The van der Waals surface area contributed by atoms with Gasteiger partial charge in [-0.05, 0) is 34.4 Å². The molecule has 0 atom stereocenters. The van der Waals surface area contributed by atoms with Crippen molar-refractivity contribution in [1.82, 2.24) is 25.0 Å². The Balaban J connectivity index is 1.44. The fraction of sp³-hybridized carbons (Fsp3) is 0.130. The molecule has 140 valence electrons. The molecule has 6 rings (SSSR count). The molecule has 6 heteroatoms. The maximum Gasteiger partial charge on any atom is 0.184 e. The van der Waals surface area contributed by atoms with Crippen molar-refractivity contribution >= 4 is 33.4 Å². The Morgan fingerprint density at radius 1 is 0.862 bits per heavy atom. The number of aromatic nitrogens is 5. The van der Waals surface area contributed by atoms with Crippen molar-refractivity contribution in [2.75, 3.05) is 11.4 Å². The van der Waals surface area contributed by atoms with Crippen molar-refractivity contribution in [3.05, 3.63) is 84.2 Å². The lowest BCUT2D eigenvalue weighted by Crippen LogP contribution is -2.15. The topological polar surface area (TPSA) is 59.7 Å². The van der Waals surface area contributed by atoms with Gasteiger partial charge in [-0.1, -0.05) is 65.9 Å². The number of hydrogen-bond donors (Lipinski definition) is 0. The van der Waals surface area contributed by atoms with Crippen LogP contribution >= 0.6 is 0 Å². The van der Waals surface area contributed by atoms with Gasteiger partial charge in [-0.3, -0.25) is 0 Å². The van der Waals surface area contributed by atoms with Gasteiger partial charge >= 0.3 is 0 Å². The summed E-state index contributed by atoms with van der Waals surface area (Å²) in [5.41, 5.74) is 5.22. The van der Waals surface area contributed by atoms with Crippen LogP contribution in [0.5, 0.6) is 0 Å². The molecule has 0 bridgehead atoms. The molecular formula is C23H18N6. The number of hydrogen-bond acceptors (Lipinski definition) is 5. The van der Waals surface area contributed by atoms with E-state index in [9.17, 15) is 0 Å². The molecule has 6 nitrogen and oxygen atoms in total. The highest BCUT2D eigenvalue weighted by atomic mass is 15.4. The first-order valence-electron chi connectivity index (χ1n) is 9.75. The molecule has 29 heavy (non-hydrogen) atoms. The molecule has 0 aliphatic carbocycles. The van der Waals surface area contributed by atoms with Crippen LogP contribution in [0.3, 0.4) is 0 Å². The minimum absolute atomic E-state index is 0.616. The monoisotopic (exact) mass is 378 g/mol. The van der Waals surface area contributed by atoms with Gasteiger partial charge in [-0.25, -0.2) is 14.6 Å². The summed E-state index contributed by atoms with van der Waals surface area (Å²) in [5.74, 6) is 0.823. The fourth-order valence-corrected chi connectivity index (χ4v) is 4.23. The molecule has 3 heterocycles. The lowest BCUT2D eigenvalue weighted by Gasteiger charge is -2.17. The smallest absolute Gasteiger partial charge is 0.184 e. The first-order valence-corrected chi connectivity index (χ1v) is 9.75. The van der Waals surface area contributed by atoms with Crippen molar-refractivity contribution in [2.45, 2.75) is 13.0 Å². The Hall–Kier alpha value is -3.80. The van der Waals surface area contributed by atoms with E-state index in [1.807, 2.05) is 4.68 Å². The molecule has 1 aliphatic rings. The molecule has 0 fully saturated rings. The highest BCUT2D eigenvalue weighted by Gasteiger charge is 2.24. The minimum atomic E-state index is 0.616. The van der Waals surface area contributed by atoms with Gasteiger partial charge in [0.25, 0.3) is 0 Å². The van der Waals surface area contributed by atoms with Gasteiger partial charge in [0.2, 0.25) is 0 Å². The molecule has 0 unspecified atom stereocenters. The Labute approximate surface area is 167 Å². The van der Waals surface area contributed by atoms with Crippen LogP contribution in [0.1, 0.15) is 11.1 Å². The van der Waals surface area contributed by atoms with Gasteiger partial charge in [0.05, 0.1) is 6.54 Å². The number of anilines is 2. The highest BCUT2D eigenvalue weighted by molar-refractivity contribution is 5.88. The second-order valence-electron chi connectivity index (χ2n) is 7.29. The minimum Gasteiger partial charge on any atom is -0.324 e. The summed E-state index contributed by atoms with van der Waals surface area (Å²) in [6.07, 6.45) is 2.62. The number of benzene rings is 3. The van der Waals surface area contributed by atoms with Crippen LogP contribution in [-0.2, 0) is 13.0 Å². The van der Waals surface area contributed by atoms with Crippen LogP contribution in [0.4, 0.5) is 11.5 Å². The molecule has 3 aromatic carbocycles. The quantitative estimate of drug-likeness (QED) is 0.473. The van der Waals surface area contributed by atoms with E-state index in [1.54, 1.807) is 6.33 Å². The number of para-hydroxylation sites is 1. The van der Waals surface area contributed by atoms with Crippen molar-refractivity contribution in [1.29, 1.82) is 0 Å². The van der Waals surface area contributed by atoms with Crippen LogP contribution in [0.15, 0.2) is 73.1 Å². The maximum absolute atomic E-state index is 4.56. The Morgan fingerprint density at radius 3 is 2.72 bits per heavy atom. The van der Waals surface area contributed by atoms with Crippen LogP contribution in [0.2, 0.25) is 0 Å². The summed E-state index contributed by atoms with van der Waals surface area (Å²) in [6.45, 7) is 1.51. The SMILES string of the molecule is c1ccc2c(c1)CCN2c1ncnc2c1nnn2Cc1cccc2ccccc12. The van der Waals surface area contributed by atoms with Gasteiger partial charge in [0.1, 0.15) is 6.33 Å². The highest BCUT2D eigenvalue weighted by Crippen LogP contribution is 2.35. The van der Waals surface area contributed by atoms with Crippen LogP contribution < -0.4 is 4.90 Å². The van der Waals surface area contributed by atoms with Crippen LogP contribution in [-0.4, -0.2) is 31.5 Å². The third-order valence-electron chi connectivity index (χ3n) is 5.62. The van der Waals surface area contributed by atoms with Gasteiger partial charge in [-0.15, -0.1) is 5.10 Å². The fourth-order valence-electron chi connectivity index (χ4n) is 4.23. The van der Waals surface area contributed by atoms with Crippen molar-refractivity contribution in [2.24, 2.45) is 0 Å². The van der Waals surface area contributed by atoms with Gasteiger partial charge in [0, 0.05) is 12.2 Å². The molecule has 0 radical (unpaired) electrons. The number of nitrogens with zero attached hydrogens (tertiary/aromatic N) is 6. The zero-order chi connectivity index (χ0) is 19.2. The summed E-state index contributed by atoms with van der Waals surface area (Å²) >= 11 is 0. The average molecular weight is 378 g/mol. The maximum atomic E-state index is 4.56. The lowest BCUT2D eigenvalue weighted by atomic mass is 10.0. The van der Waals surface area contributed by atoms with Crippen LogP contribution in [0, 0.1) is 0 Å². The van der Waals surface area contributed by atoms with E-state index in [2.05, 4.69) is 91.9 Å². The summed E-state index contributed by atoms with van der Waals surface area (Å²) < 4.78 is 1.87. The van der Waals surface area contributed by atoms with E-state index in [0.717, 1.165) is 29.9 Å². The molecular weight excluding hydrogens is 360 g/mol. The molecule has 0 N–H and O–H groups in total. The van der Waals surface area contributed by atoms with Crippen molar-refractivity contribution in [3.63, 3.8) is 0 Å². The molecule has 0 amide bonds. The Kier molecular flexibility index (Phi) is 3.56. The second-order valence-corrected chi connectivity index (χ2v) is 7.29. The normalized spacial score (nSPS) is 13.3. The predicted molar refractivity (Wildman–Crippen MR) is 113 cm³/mol. The average Bonchev–Trinajstić information content (AvgIpc) is 3.38. The molecule has 0 spiro atoms. The number of rotatable bonds is 3. The zero-order valence-electron chi connectivity index (χ0n) is 15.7. The Morgan fingerprint density at radius 2 is 1.72 bits per heavy atom. The van der Waals surface area contributed by atoms with E-state index in [0.29, 0.717) is 6.54 Å². The van der Waals surface area contributed by atoms with Gasteiger partial charge in [0.15, 0.2) is 17.0 Å². The summed E-state index contributed by atoms with van der Waals surface area (Å²) in [6, 6.07) is 23.2. The second kappa shape index (κ2) is 6.38. The zero-order valence-corrected chi connectivity index (χ0v) is 15.7. The Bertz CT molecular complexity index is 1350. The third-order valence-corrected chi connectivity index (χ3v) is 5.62. The molecule has 0 saturated heterocycles. The van der Waals surface area contributed by atoms with E-state index in [4.69, 9.17) is 0 Å². The van der Waals surface area contributed by atoms with E-state index < -0.39 is 0 Å². The van der Waals surface area contributed by atoms with Gasteiger partial charge < -0.3 is 4.90 Å². The van der Waals surface area contributed by atoms with E-state index >= 15 is 0 Å². The first kappa shape index (κ1) is 16.2. The number of fused-ring (bicyclic) bond motifs is 3. The standard InChI is InChI=1S/C23H18N6/c1-3-10-19-16(6-1)8-5-9-18(19)14-29-23-21(26-27-29)22(24-15-25-23)28-13-12-17-7-2-4-11-20(17)28/h1-11,15H,12-14H2. The largest absolute Gasteiger partial charge is 0.324 e. The van der Waals surface area contributed by atoms with Crippen molar-refractivity contribution < 1.29 is 0 Å². The third kappa shape index (κ3) is 2.56. The van der Waals surface area contributed by atoms with E-state index in [1.165, 1.54) is 27.6 Å². The first-order chi connectivity index (χ1) is 14.4. The van der Waals surface area contributed by atoms with Gasteiger partial charge in [-0.2, -0.15) is 0 Å². The summed E-state index contributed by atoms with van der Waals surface area (Å²) in [5, 5.41) is 11.3. The molecule has 2 aromatic heterocycles. The van der Waals surface area contributed by atoms with Crippen molar-refractivity contribution in [3.8, 4) is 0 Å². The summed E-state index contributed by atoms with van der Waals surface area (Å²) in [4.78, 5) is 11.3. The van der Waals surface area contributed by atoms with Crippen LogP contribution in [0.25, 0.3) is 21.9 Å². The molecule has 0 saturated carbocycles. The summed E-state index contributed by atoms with van der Waals surface area (Å²) in [7, 11) is 0. The predicted octanol–water partition coefficient (Wildman–Crippen LogP) is 4.12. The molecule has 5 aromatic rings. The van der Waals surface area contributed by atoms with E-state index in [-0.39, 0.29) is 0 Å².